The highest BCUT2D eigenvalue weighted by Crippen LogP contribution is 2.14. The molecular weight excluding hydrogens is 326 g/mol. The van der Waals surface area contributed by atoms with E-state index in [1.165, 1.54) is 19.3 Å². The van der Waals surface area contributed by atoms with Crippen LogP contribution in [-0.2, 0) is 4.79 Å². The van der Waals surface area contributed by atoms with Gasteiger partial charge in [0.1, 0.15) is 6.04 Å². The molecule has 0 spiro atoms. The number of benzene rings is 1. The van der Waals surface area contributed by atoms with E-state index in [0.717, 1.165) is 26.1 Å². The van der Waals surface area contributed by atoms with Gasteiger partial charge in [-0.15, -0.1) is 0 Å². The van der Waals surface area contributed by atoms with Crippen LogP contribution in [0.1, 0.15) is 43.0 Å². The lowest BCUT2D eigenvalue weighted by atomic mass is 10.1. The van der Waals surface area contributed by atoms with Crippen molar-refractivity contribution >= 4 is 23.4 Å². The number of nitrogens with zero attached hydrogens (tertiary/aromatic N) is 1. The molecule has 2 rings (SSSR count). The first-order valence-corrected chi connectivity index (χ1v) is 9.01. The molecule has 0 radical (unpaired) electrons. The Morgan fingerprint density at radius 1 is 1.21 bits per heavy atom. The highest BCUT2D eigenvalue weighted by atomic mass is 35.5. The highest BCUT2D eigenvalue weighted by molar-refractivity contribution is 6.33. The van der Waals surface area contributed by atoms with Crippen molar-refractivity contribution < 1.29 is 9.59 Å². The standard InChI is InChI=1S/C18H26ClN3O2/c1-14(21-18(24)15-8-3-4-9-16(15)19)17(23)20-10-7-13-22-11-5-2-6-12-22/h3-4,8-9,14H,2,5-7,10-13H2,1H3,(H,20,23)(H,21,24). The molecule has 1 aromatic rings. The number of nitrogens with one attached hydrogen (secondary N) is 2. The lowest BCUT2D eigenvalue weighted by molar-refractivity contribution is -0.122. The van der Waals surface area contributed by atoms with Gasteiger partial charge < -0.3 is 15.5 Å². The molecule has 0 saturated carbocycles. The van der Waals surface area contributed by atoms with Crippen molar-refractivity contribution in [1.82, 2.24) is 15.5 Å². The highest BCUT2D eigenvalue weighted by Gasteiger charge is 2.17. The van der Waals surface area contributed by atoms with E-state index in [4.69, 9.17) is 11.6 Å². The Hall–Kier alpha value is -1.59. The zero-order chi connectivity index (χ0) is 17.4. The maximum Gasteiger partial charge on any atom is 0.253 e. The minimum Gasteiger partial charge on any atom is -0.354 e. The molecule has 1 heterocycles. The summed E-state index contributed by atoms with van der Waals surface area (Å²) in [5.74, 6) is -0.509. The van der Waals surface area contributed by atoms with Crippen LogP contribution < -0.4 is 10.6 Å². The van der Waals surface area contributed by atoms with Gasteiger partial charge in [0.25, 0.3) is 5.91 Å². The average Bonchev–Trinajstić information content (AvgIpc) is 2.59. The fourth-order valence-corrected chi connectivity index (χ4v) is 3.06. The largest absolute Gasteiger partial charge is 0.354 e. The van der Waals surface area contributed by atoms with Crippen molar-refractivity contribution in [3.05, 3.63) is 34.9 Å². The van der Waals surface area contributed by atoms with Gasteiger partial charge in [-0.25, -0.2) is 0 Å². The quantitative estimate of drug-likeness (QED) is 0.742. The number of rotatable bonds is 7. The van der Waals surface area contributed by atoms with Crippen molar-refractivity contribution in [1.29, 1.82) is 0 Å². The molecule has 1 unspecified atom stereocenters. The molecule has 2 N–H and O–H groups in total. The topological polar surface area (TPSA) is 61.4 Å². The van der Waals surface area contributed by atoms with E-state index in [-0.39, 0.29) is 11.8 Å². The summed E-state index contributed by atoms with van der Waals surface area (Å²) in [7, 11) is 0. The van der Waals surface area contributed by atoms with Crippen LogP contribution in [0.3, 0.4) is 0 Å². The second-order valence-corrected chi connectivity index (χ2v) is 6.63. The number of likely N-dealkylation sites (tertiary alicyclic amines) is 1. The molecule has 2 amide bonds. The Morgan fingerprint density at radius 2 is 1.92 bits per heavy atom. The van der Waals surface area contributed by atoms with Crippen LogP contribution in [0.2, 0.25) is 5.02 Å². The van der Waals surface area contributed by atoms with Crippen LogP contribution in [-0.4, -0.2) is 48.9 Å². The van der Waals surface area contributed by atoms with Gasteiger partial charge in [0, 0.05) is 6.54 Å². The number of hydrogen-bond acceptors (Lipinski definition) is 3. The normalized spacial score (nSPS) is 16.4. The third kappa shape index (κ3) is 5.80. The predicted molar refractivity (Wildman–Crippen MR) is 96.3 cm³/mol. The lowest BCUT2D eigenvalue weighted by Gasteiger charge is -2.26. The maximum atomic E-state index is 12.1. The van der Waals surface area contributed by atoms with E-state index in [2.05, 4.69) is 15.5 Å². The number of piperidine rings is 1. The molecule has 0 bridgehead atoms. The molecule has 132 valence electrons. The molecule has 1 atom stereocenters. The second-order valence-electron chi connectivity index (χ2n) is 6.22. The van der Waals surface area contributed by atoms with E-state index in [1.807, 2.05) is 0 Å². The van der Waals surface area contributed by atoms with Gasteiger partial charge in [0.05, 0.1) is 10.6 Å². The number of carbonyl (C=O) groups is 2. The molecule has 0 aromatic heterocycles. The maximum absolute atomic E-state index is 12.1. The van der Waals surface area contributed by atoms with Crippen LogP contribution in [0.15, 0.2) is 24.3 Å². The summed E-state index contributed by atoms with van der Waals surface area (Å²) in [6, 6.07) is 6.20. The molecule has 1 aliphatic rings. The number of carbonyl (C=O) groups excluding carboxylic acids is 2. The van der Waals surface area contributed by atoms with Crippen molar-refractivity contribution in [3.63, 3.8) is 0 Å². The molecule has 24 heavy (non-hydrogen) atoms. The second kappa shape index (κ2) is 9.64. The fraction of sp³-hybridized carbons (Fsp3) is 0.556. The molecule has 0 aliphatic carbocycles. The van der Waals surface area contributed by atoms with Gasteiger partial charge in [-0.3, -0.25) is 9.59 Å². The van der Waals surface area contributed by atoms with Crippen molar-refractivity contribution in [2.45, 2.75) is 38.6 Å². The molecule has 1 aromatic carbocycles. The molecule has 5 nitrogen and oxygen atoms in total. The molecule has 1 saturated heterocycles. The predicted octanol–water partition coefficient (Wildman–Crippen LogP) is 2.45. The SMILES string of the molecule is CC(NC(=O)c1ccccc1Cl)C(=O)NCCCN1CCCCC1. The van der Waals surface area contributed by atoms with E-state index in [1.54, 1.807) is 31.2 Å². The van der Waals surface area contributed by atoms with Crippen LogP contribution >= 0.6 is 11.6 Å². The van der Waals surface area contributed by atoms with E-state index in [0.29, 0.717) is 17.1 Å². The van der Waals surface area contributed by atoms with Gasteiger partial charge in [0.2, 0.25) is 5.91 Å². The van der Waals surface area contributed by atoms with E-state index in [9.17, 15) is 9.59 Å². The monoisotopic (exact) mass is 351 g/mol. The van der Waals surface area contributed by atoms with Crippen LogP contribution in [0.25, 0.3) is 0 Å². The van der Waals surface area contributed by atoms with Crippen LogP contribution in [0, 0.1) is 0 Å². The Balaban J connectivity index is 1.68. The minimum atomic E-state index is -0.594. The first-order chi connectivity index (χ1) is 11.6. The summed E-state index contributed by atoms with van der Waals surface area (Å²) in [4.78, 5) is 26.7. The van der Waals surface area contributed by atoms with Crippen LogP contribution in [0.4, 0.5) is 0 Å². The molecule has 1 aliphatic heterocycles. The van der Waals surface area contributed by atoms with Gasteiger partial charge in [-0.1, -0.05) is 30.2 Å². The van der Waals surface area contributed by atoms with Crippen molar-refractivity contribution in [2.24, 2.45) is 0 Å². The molecular formula is C18H26ClN3O2. The Bertz CT molecular complexity index is 559. The van der Waals surface area contributed by atoms with Gasteiger partial charge in [0.15, 0.2) is 0 Å². The van der Waals surface area contributed by atoms with E-state index < -0.39 is 6.04 Å². The van der Waals surface area contributed by atoms with Crippen LogP contribution in [0.5, 0.6) is 0 Å². The zero-order valence-corrected chi connectivity index (χ0v) is 14.9. The summed E-state index contributed by atoms with van der Waals surface area (Å²) in [6.45, 7) is 5.65. The fourth-order valence-electron chi connectivity index (χ4n) is 2.84. The smallest absolute Gasteiger partial charge is 0.253 e. The first kappa shape index (κ1) is 18.7. The number of hydrogen-bond donors (Lipinski definition) is 2. The third-order valence-corrected chi connectivity index (χ3v) is 4.59. The van der Waals surface area contributed by atoms with Gasteiger partial charge >= 0.3 is 0 Å². The first-order valence-electron chi connectivity index (χ1n) is 8.63. The third-order valence-electron chi connectivity index (χ3n) is 4.26. The van der Waals surface area contributed by atoms with Gasteiger partial charge in [-0.05, 0) is 58.0 Å². The van der Waals surface area contributed by atoms with E-state index >= 15 is 0 Å². The van der Waals surface area contributed by atoms with Crippen molar-refractivity contribution in [2.75, 3.05) is 26.2 Å². The summed E-state index contributed by atoms with van der Waals surface area (Å²) in [6.07, 6.45) is 4.81. The zero-order valence-electron chi connectivity index (χ0n) is 14.2. The minimum absolute atomic E-state index is 0.172. The number of amides is 2. The summed E-state index contributed by atoms with van der Waals surface area (Å²) >= 11 is 5.99. The summed E-state index contributed by atoms with van der Waals surface area (Å²) in [5, 5.41) is 5.94. The number of halogens is 1. The molecule has 1 fully saturated rings. The van der Waals surface area contributed by atoms with Crippen molar-refractivity contribution in [3.8, 4) is 0 Å². The summed E-state index contributed by atoms with van der Waals surface area (Å²) in [5.41, 5.74) is 0.379. The van der Waals surface area contributed by atoms with Gasteiger partial charge in [-0.2, -0.15) is 0 Å². The average molecular weight is 352 g/mol. The summed E-state index contributed by atoms with van der Waals surface area (Å²) < 4.78 is 0. The lowest BCUT2D eigenvalue weighted by Crippen LogP contribution is -2.45. The Kier molecular flexibility index (Phi) is 7.53. The molecule has 6 heteroatoms. The Labute approximate surface area is 148 Å². The Morgan fingerprint density at radius 3 is 2.62 bits per heavy atom.